The Hall–Kier alpha value is -3.51. The second-order valence-corrected chi connectivity index (χ2v) is 13.4. The van der Waals surface area contributed by atoms with Crippen molar-refractivity contribution >= 4 is 28.3 Å². The Morgan fingerprint density at radius 3 is 2.66 bits per heavy atom. The van der Waals surface area contributed by atoms with E-state index in [4.69, 9.17) is 4.98 Å². The van der Waals surface area contributed by atoms with E-state index in [-0.39, 0.29) is 29.2 Å². The SMILES string of the molecule is CCC1(C(=O)Nc2nc(-c3cccc(C(=O)NC4CCCC4)c3)cs2)CC2c3ccccc3C1C1(C)C=CC=CC21. The highest BCUT2D eigenvalue weighted by Gasteiger charge is 2.64. The minimum absolute atomic E-state index is 0.0292. The average Bonchev–Trinajstić information content (AvgIpc) is 3.69. The molecule has 2 bridgehead atoms. The van der Waals surface area contributed by atoms with Crippen LogP contribution in [0.3, 0.4) is 0 Å². The molecule has 5 aliphatic rings. The summed E-state index contributed by atoms with van der Waals surface area (Å²) in [6.45, 7) is 4.51. The predicted octanol–water partition coefficient (Wildman–Crippen LogP) is 7.85. The Labute approximate surface area is 246 Å². The number of hydrogen-bond donors (Lipinski definition) is 2. The number of thiazole rings is 1. The van der Waals surface area contributed by atoms with Crippen molar-refractivity contribution in [1.29, 1.82) is 0 Å². The van der Waals surface area contributed by atoms with Gasteiger partial charge in [0.2, 0.25) is 5.91 Å². The van der Waals surface area contributed by atoms with Gasteiger partial charge < -0.3 is 10.6 Å². The van der Waals surface area contributed by atoms with Crippen molar-refractivity contribution in [3.05, 3.63) is 94.9 Å². The van der Waals surface area contributed by atoms with Crippen LogP contribution in [0, 0.1) is 16.7 Å². The fraction of sp³-hybridized carbons (Fsp3) is 0.400. The molecule has 5 nitrogen and oxygen atoms in total. The molecule has 210 valence electrons. The van der Waals surface area contributed by atoms with Crippen LogP contribution in [-0.2, 0) is 4.79 Å². The fourth-order valence-electron chi connectivity index (χ4n) is 8.48. The Kier molecular flexibility index (Phi) is 6.50. The van der Waals surface area contributed by atoms with Gasteiger partial charge in [0, 0.05) is 33.9 Å². The van der Waals surface area contributed by atoms with Crippen molar-refractivity contribution in [1.82, 2.24) is 10.3 Å². The van der Waals surface area contributed by atoms with E-state index in [0.29, 0.717) is 22.5 Å². The first-order chi connectivity index (χ1) is 19.9. The Bertz CT molecular complexity index is 1570. The summed E-state index contributed by atoms with van der Waals surface area (Å²) in [6.07, 6.45) is 15.1. The topological polar surface area (TPSA) is 71.1 Å². The van der Waals surface area contributed by atoms with E-state index in [9.17, 15) is 9.59 Å². The highest BCUT2D eigenvalue weighted by atomic mass is 32.1. The monoisotopic (exact) mass is 563 g/mol. The number of nitrogens with zero attached hydrogens (tertiary/aromatic N) is 1. The number of benzene rings is 2. The zero-order valence-corrected chi connectivity index (χ0v) is 24.5. The summed E-state index contributed by atoms with van der Waals surface area (Å²) >= 11 is 1.45. The first kappa shape index (κ1) is 26.4. The van der Waals surface area contributed by atoms with Gasteiger partial charge in [-0.3, -0.25) is 9.59 Å². The molecule has 2 aromatic carbocycles. The van der Waals surface area contributed by atoms with Crippen molar-refractivity contribution < 1.29 is 9.59 Å². The van der Waals surface area contributed by atoms with Crippen molar-refractivity contribution in [2.24, 2.45) is 16.7 Å². The van der Waals surface area contributed by atoms with Crippen LogP contribution in [0.15, 0.2) is 78.2 Å². The highest BCUT2D eigenvalue weighted by Crippen LogP contribution is 2.70. The minimum Gasteiger partial charge on any atom is -0.349 e. The number of aromatic nitrogens is 1. The van der Waals surface area contributed by atoms with Gasteiger partial charge in [-0.2, -0.15) is 0 Å². The van der Waals surface area contributed by atoms with E-state index in [1.165, 1.54) is 35.3 Å². The molecule has 8 rings (SSSR count). The van der Waals surface area contributed by atoms with Gasteiger partial charge in [-0.1, -0.05) is 87.4 Å². The molecule has 5 aliphatic carbocycles. The second kappa shape index (κ2) is 10.1. The number of amides is 2. The third-order valence-electron chi connectivity index (χ3n) is 10.4. The maximum Gasteiger partial charge on any atom is 0.251 e. The van der Waals surface area contributed by atoms with Crippen LogP contribution in [0.2, 0.25) is 0 Å². The van der Waals surface area contributed by atoms with Gasteiger partial charge in [0.05, 0.1) is 11.1 Å². The van der Waals surface area contributed by atoms with Gasteiger partial charge in [0.1, 0.15) is 0 Å². The molecule has 3 aromatic rings. The first-order valence-corrected chi connectivity index (χ1v) is 15.9. The molecular weight excluding hydrogens is 526 g/mol. The summed E-state index contributed by atoms with van der Waals surface area (Å²) < 4.78 is 0. The molecule has 2 saturated carbocycles. The number of nitrogens with one attached hydrogen (secondary N) is 2. The summed E-state index contributed by atoms with van der Waals surface area (Å²) in [5, 5.41) is 9.00. The van der Waals surface area contributed by atoms with Crippen LogP contribution in [-0.4, -0.2) is 22.8 Å². The Balaban J connectivity index is 1.15. The van der Waals surface area contributed by atoms with Crippen LogP contribution < -0.4 is 10.6 Å². The number of rotatable bonds is 6. The molecule has 2 fully saturated rings. The second-order valence-electron chi connectivity index (χ2n) is 12.5. The first-order valence-electron chi connectivity index (χ1n) is 15.1. The molecule has 1 aromatic heterocycles. The van der Waals surface area contributed by atoms with E-state index in [0.717, 1.165) is 36.9 Å². The van der Waals surface area contributed by atoms with Gasteiger partial charge in [-0.25, -0.2) is 4.98 Å². The molecule has 0 radical (unpaired) electrons. The molecule has 5 unspecified atom stereocenters. The molecule has 2 N–H and O–H groups in total. The lowest BCUT2D eigenvalue weighted by molar-refractivity contribution is -0.135. The van der Waals surface area contributed by atoms with Gasteiger partial charge in [-0.15, -0.1) is 11.3 Å². The van der Waals surface area contributed by atoms with Gasteiger partial charge in [0.15, 0.2) is 5.13 Å². The number of anilines is 1. The molecule has 1 heterocycles. The summed E-state index contributed by atoms with van der Waals surface area (Å²) in [5.74, 6) is 0.820. The Morgan fingerprint density at radius 1 is 1.05 bits per heavy atom. The maximum atomic E-state index is 14.4. The number of allylic oxidation sites excluding steroid dienone is 4. The van der Waals surface area contributed by atoms with Crippen molar-refractivity contribution in [3.63, 3.8) is 0 Å². The van der Waals surface area contributed by atoms with E-state index >= 15 is 0 Å². The number of hydrogen-bond acceptors (Lipinski definition) is 4. The number of carbonyl (C=O) groups excluding carboxylic acids is 2. The molecule has 0 spiro atoms. The number of fused-ring (bicyclic) bond motifs is 1. The highest BCUT2D eigenvalue weighted by molar-refractivity contribution is 7.14. The van der Waals surface area contributed by atoms with E-state index < -0.39 is 5.41 Å². The van der Waals surface area contributed by atoms with Crippen molar-refractivity contribution in [3.8, 4) is 11.3 Å². The maximum absolute atomic E-state index is 14.4. The lowest BCUT2D eigenvalue weighted by Crippen LogP contribution is -2.58. The van der Waals surface area contributed by atoms with Crippen LogP contribution >= 0.6 is 11.3 Å². The van der Waals surface area contributed by atoms with Crippen LogP contribution in [0.25, 0.3) is 11.3 Å². The van der Waals surface area contributed by atoms with E-state index in [1.54, 1.807) is 0 Å². The molecule has 0 aliphatic heterocycles. The lowest BCUT2D eigenvalue weighted by atomic mass is 9.40. The third kappa shape index (κ3) is 4.21. The zero-order valence-electron chi connectivity index (χ0n) is 23.7. The summed E-state index contributed by atoms with van der Waals surface area (Å²) in [6, 6.07) is 16.7. The summed E-state index contributed by atoms with van der Waals surface area (Å²) in [4.78, 5) is 32.0. The smallest absolute Gasteiger partial charge is 0.251 e. The van der Waals surface area contributed by atoms with Gasteiger partial charge in [0.25, 0.3) is 5.91 Å². The molecule has 5 atom stereocenters. The lowest BCUT2D eigenvalue weighted by Gasteiger charge is -2.62. The van der Waals surface area contributed by atoms with Crippen LogP contribution in [0.1, 0.15) is 85.7 Å². The normalized spacial score (nSPS) is 29.7. The Morgan fingerprint density at radius 2 is 1.85 bits per heavy atom. The minimum atomic E-state index is -0.524. The van der Waals surface area contributed by atoms with Crippen molar-refractivity contribution in [2.75, 3.05) is 5.32 Å². The van der Waals surface area contributed by atoms with Crippen LogP contribution in [0.4, 0.5) is 5.13 Å². The molecular formula is C35H37N3O2S. The predicted molar refractivity (Wildman–Crippen MR) is 165 cm³/mol. The summed E-state index contributed by atoms with van der Waals surface area (Å²) in [7, 11) is 0. The fourth-order valence-corrected chi connectivity index (χ4v) is 9.19. The average molecular weight is 564 g/mol. The molecule has 2 amide bonds. The van der Waals surface area contributed by atoms with Gasteiger partial charge >= 0.3 is 0 Å². The van der Waals surface area contributed by atoms with Crippen LogP contribution in [0.5, 0.6) is 0 Å². The van der Waals surface area contributed by atoms with Crippen molar-refractivity contribution in [2.45, 2.75) is 70.3 Å². The molecule has 0 saturated heterocycles. The zero-order chi connectivity index (χ0) is 28.2. The molecule has 41 heavy (non-hydrogen) atoms. The largest absolute Gasteiger partial charge is 0.349 e. The quantitative estimate of drug-likeness (QED) is 0.321. The summed E-state index contributed by atoms with van der Waals surface area (Å²) in [5.41, 5.74) is 4.39. The molecule has 6 heteroatoms. The van der Waals surface area contributed by atoms with Gasteiger partial charge in [-0.05, 0) is 60.8 Å². The van der Waals surface area contributed by atoms with E-state index in [2.05, 4.69) is 73.1 Å². The van der Waals surface area contributed by atoms with E-state index in [1.807, 2.05) is 29.6 Å². The standard InChI is InChI=1S/C35H37N3O2S/c1-3-35(20-27-25-15-6-7-16-26(25)30(35)34(2)18-9-8-17-28(27)34)32(40)38-33-37-29(21-41-33)22-11-10-12-23(19-22)31(39)36-24-13-4-5-14-24/h6-12,15-19,21,24,27-28,30H,3-5,13-14,20H2,1-2H3,(H,36,39)(H,37,38,40). The third-order valence-corrected chi connectivity index (χ3v) is 11.2. The number of carbonyl (C=O) groups is 2.